The molecule has 0 saturated carbocycles. The summed E-state index contributed by atoms with van der Waals surface area (Å²) in [5.74, 6) is 0.172. The van der Waals surface area contributed by atoms with E-state index in [-0.39, 0.29) is 5.92 Å². The molecule has 0 aliphatic carbocycles. The Bertz CT molecular complexity index is 598. The third-order valence-corrected chi connectivity index (χ3v) is 5.24. The van der Waals surface area contributed by atoms with E-state index >= 15 is 0 Å². The van der Waals surface area contributed by atoms with Crippen LogP contribution in [0.15, 0.2) is 29.2 Å². The first-order valence-electron chi connectivity index (χ1n) is 6.47. The van der Waals surface area contributed by atoms with E-state index in [9.17, 15) is 26.7 Å². The van der Waals surface area contributed by atoms with Crippen LogP contribution in [0.5, 0.6) is 0 Å². The van der Waals surface area contributed by atoms with Crippen molar-refractivity contribution in [2.75, 3.05) is 18.0 Å². The van der Waals surface area contributed by atoms with Crippen molar-refractivity contribution in [2.45, 2.75) is 29.9 Å². The average molecular weight is 323 g/mol. The first-order chi connectivity index (χ1) is 9.63. The Morgan fingerprint density at radius 2 is 1.81 bits per heavy atom. The summed E-state index contributed by atoms with van der Waals surface area (Å²) in [5.41, 5.74) is -4.70. The largest absolute Gasteiger partial charge is 0.501 e. The number of aliphatic hydroxyl groups excluding tert-OH is 1. The quantitative estimate of drug-likeness (QED) is 0.906. The lowest BCUT2D eigenvalue weighted by atomic mass is 9.96. The summed E-state index contributed by atoms with van der Waals surface area (Å²) in [6.07, 6.45) is 0.265. The number of rotatable bonds is 2. The van der Waals surface area contributed by atoms with Gasteiger partial charge < -0.3 is 10.0 Å². The smallest absolute Gasteiger partial charge is 0.391 e. The molecule has 2 atom stereocenters. The SMILES string of the molecule is CC1CCN(c2ccc(S(=O)(=O)C(F)(F)F)cc2)CC1O. The van der Waals surface area contributed by atoms with Crippen molar-refractivity contribution in [3.05, 3.63) is 24.3 Å². The molecule has 1 heterocycles. The molecule has 0 amide bonds. The van der Waals surface area contributed by atoms with E-state index in [0.717, 1.165) is 18.6 Å². The van der Waals surface area contributed by atoms with Crippen LogP contribution in [0.3, 0.4) is 0 Å². The van der Waals surface area contributed by atoms with E-state index in [1.165, 1.54) is 12.1 Å². The minimum Gasteiger partial charge on any atom is -0.391 e. The van der Waals surface area contributed by atoms with E-state index in [0.29, 0.717) is 18.8 Å². The van der Waals surface area contributed by atoms with E-state index in [4.69, 9.17) is 0 Å². The predicted molar refractivity (Wildman–Crippen MR) is 71.7 cm³/mol. The summed E-state index contributed by atoms with van der Waals surface area (Å²) in [6.45, 7) is 2.98. The Morgan fingerprint density at radius 3 is 2.29 bits per heavy atom. The van der Waals surface area contributed by atoms with E-state index in [1.54, 1.807) is 0 Å². The summed E-state index contributed by atoms with van der Waals surface area (Å²) >= 11 is 0. The molecular weight excluding hydrogens is 307 g/mol. The highest BCUT2D eigenvalue weighted by atomic mass is 32.2. The Hall–Kier alpha value is -1.28. The van der Waals surface area contributed by atoms with E-state index in [2.05, 4.69) is 0 Å². The molecular formula is C13H16F3NO3S. The van der Waals surface area contributed by atoms with E-state index in [1.807, 2.05) is 11.8 Å². The molecule has 1 fully saturated rings. The van der Waals surface area contributed by atoms with Crippen LogP contribution in [-0.4, -0.2) is 38.2 Å². The Kier molecular flexibility index (Phi) is 4.21. The molecule has 0 aromatic heterocycles. The number of anilines is 1. The van der Waals surface area contributed by atoms with E-state index < -0.39 is 26.3 Å². The fourth-order valence-corrected chi connectivity index (χ4v) is 3.01. The summed E-state index contributed by atoms with van der Waals surface area (Å²) in [6, 6.07) is 4.56. The van der Waals surface area contributed by atoms with Crippen molar-refractivity contribution < 1.29 is 26.7 Å². The molecule has 2 unspecified atom stereocenters. The van der Waals surface area contributed by atoms with Gasteiger partial charge in [-0.2, -0.15) is 13.2 Å². The minimum atomic E-state index is -5.31. The lowest BCUT2D eigenvalue weighted by molar-refractivity contribution is -0.0436. The Morgan fingerprint density at radius 1 is 1.24 bits per heavy atom. The molecule has 1 aromatic rings. The number of aliphatic hydroxyl groups is 1. The van der Waals surface area contributed by atoms with Crippen LogP contribution >= 0.6 is 0 Å². The third-order valence-electron chi connectivity index (χ3n) is 3.74. The van der Waals surface area contributed by atoms with Gasteiger partial charge in [0.1, 0.15) is 0 Å². The number of alkyl halides is 3. The van der Waals surface area contributed by atoms with Gasteiger partial charge in [0.15, 0.2) is 0 Å². The molecule has 8 heteroatoms. The number of halogens is 3. The van der Waals surface area contributed by atoms with Gasteiger partial charge in [0.05, 0.1) is 11.0 Å². The monoisotopic (exact) mass is 323 g/mol. The lowest BCUT2D eigenvalue weighted by Crippen LogP contribution is -2.42. The molecule has 1 N–H and O–H groups in total. The van der Waals surface area contributed by atoms with Crippen LogP contribution in [0.4, 0.5) is 18.9 Å². The molecule has 1 saturated heterocycles. The summed E-state index contributed by atoms with van der Waals surface area (Å²) < 4.78 is 59.8. The summed E-state index contributed by atoms with van der Waals surface area (Å²) in [4.78, 5) is 1.05. The van der Waals surface area contributed by atoms with Crippen molar-refractivity contribution in [3.8, 4) is 0 Å². The molecule has 1 aliphatic rings. The van der Waals surface area contributed by atoms with Gasteiger partial charge in [-0.25, -0.2) is 8.42 Å². The maximum absolute atomic E-state index is 12.4. The van der Waals surface area contributed by atoms with Crippen molar-refractivity contribution >= 4 is 15.5 Å². The van der Waals surface area contributed by atoms with Gasteiger partial charge in [0.25, 0.3) is 9.84 Å². The fourth-order valence-electron chi connectivity index (χ4n) is 2.25. The first-order valence-corrected chi connectivity index (χ1v) is 7.95. The van der Waals surface area contributed by atoms with Gasteiger partial charge >= 0.3 is 5.51 Å². The molecule has 1 aliphatic heterocycles. The van der Waals surface area contributed by atoms with Crippen molar-refractivity contribution in [3.63, 3.8) is 0 Å². The second-order valence-electron chi connectivity index (χ2n) is 5.22. The average Bonchev–Trinajstić information content (AvgIpc) is 2.41. The number of hydrogen-bond acceptors (Lipinski definition) is 4. The van der Waals surface area contributed by atoms with Gasteiger partial charge in [-0.15, -0.1) is 0 Å². The minimum absolute atomic E-state index is 0.172. The number of β-amino-alcohol motifs (C(OH)–C–C–N with tert-alkyl or cyclic N) is 1. The molecule has 4 nitrogen and oxygen atoms in total. The van der Waals surface area contributed by atoms with Gasteiger partial charge in [0, 0.05) is 18.8 Å². The van der Waals surface area contributed by atoms with Crippen LogP contribution in [0.1, 0.15) is 13.3 Å². The Labute approximate surface area is 121 Å². The number of benzene rings is 1. The van der Waals surface area contributed by atoms with Crippen LogP contribution in [0, 0.1) is 5.92 Å². The molecule has 0 bridgehead atoms. The third kappa shape index (κ3) is 3.16. The van der Waals surface area contributed by atoms with Crippen LogP contribution in [0.25, 0.3) is 0 Å². The lowest BCUT2D eigenvalue weighted by Gasteiger charge is -2.35. The summed E-state index contributed by atoms with van der Waals surface area (Å²) in [7, 11) is -5.31. The van der Waals surface area contributed by atoms with Crippen LogP contribution < -0.4 is 4.90 Å². The van der Waals surface area contributed by atoms with Gasteiger partial charge in [-0.05, 0) is 36.6 Å². The standard InChI is InChI=1S/C13H16F3NO3S/c1-9-6-7-17(8-12(9)18)10-2-4-11(5-3-10)21(19,20)13(14,15)16/h2-5,9,12,18H,6-8H2,1H3. The topological polar surface area (TPSA) is 57.6 Å². The number of sulfone groups is 1. The van der Waals surface area contributed by atoms with Crippen molar-refractivity contribution in [1.29, 1.82) is 0 Å². The maximum Gasteiger partial charge on any atom is 0.501 e. The highest BCUT2D eigenvalue weighted by Crippen LogP contribution is 2.31. The summed E-state index contributed by atoms with van der Waals surface area (Å²) in [5, 5.41) is 9.81. The second kappa shape index (κ2) is 5.49. The highest BCUT2D eigenvalue weighted by molar-refractivity contribution is 7.92. The van der Waals surface area contributed by atoms with Crippen molar-refractivity contribution in [1.82, 2.24) is 0 Å². The number of nitrogens with zero attached hydrogens (tertiary/aromatic N) is 1. The number of piperidine rings is 1. The zero-order chi connectivity index (χ0) is 15.8. The van der Waals surface area contributed by atoms with Gasteiger partial charge in [-0.3, -0.25) is 0 Å². The second-order valence-corrected chi connectivity index (χ2v) is 7.16. The van der Waals surface area contributed by atoms with Gasteiger partial charge in [0.2, 0.25) is 0 Å². The molecule has 0 radical (unpaired) electrons. The van der Waals surface area contributed by atoms with Crippen LogP contribution in [0.2, 0.25) is 0 Å². The molecule has 0 spiro atoms. The molecule has 1 aromatic carbocycles. The zero-order valence-electron chi connectivity index (χ0n) is 11.3. The fraction of sp³-hybridized carbons (Fsp3) is 0.538. The molecule has 2 rings (SSSR count). The predicted octanol–water partition coefficient (Wildman–Crippen LogP) is 2.19. The zero-order valence-corrected chi connectivity index (χ0v) is 12.2. The first kappa shape index (κ1) is 16.1. The Balaban J connectivity index is 2.21. The molecule has 118 valence electrons. The van der Waals surface area contributed by atoms with Crippen LogP contribution in [-0.2, 0) is 9.84 Å². The number of hydrogen-bond donors (Lipinski definition) is 1. The van der Waals surface area contributed by atoms with Crippen molar-refractivity contribution in [2.24, 2.45) is 5.92 Å². The maximum atomic E-state index is 12.4. The van der Waals surface area contributed by atoms with Gasteiger partial charge in [-0.1, -0.05) is 6.92 Å². The highest BCUT2D eigenvalue weighted by Gasteiger charge is 2.46. The molecule has 21 heavy (non-hydrogen) atoms. The normalized spacial score (nSPS) is 24.1.